The molecule has 112 valence electrons. The highest BCUT2D eigenvalue weighted by molar-refractivity contribution is 6.21. The highest BCUT2D eigenvalue weighted by Gasteiger charge is 2.36. The lowest BCUT2D eigenvalue weighted by Crippen LogP contribution is -2.29. The Labute approximate surface area is 126 Å². The van der Waals surface area contributed by atoms with Crippen LogP contribution in [-0.4, -0.2) is 39.6 Å². The van der Waals surface area contributed by atoms with Crippen molar-refractivity contribution < 1.29 is 19.1 Å². The Morgan fingerprint density at radius 3 is 2.32 bits per heavy atom. The first-order chi connectivity index (χ1) is 10.5. The molecule has 2 amide bonds. The van der Waals surface area contributed by atoms with Gasteiger partial charge in [-0.3, -0.25) is 19.2 Å². The molecule has 0 bridgehead atoms. The van der Waals surface area contributed by atoms with Crippen molar-refractivity contribution in [1.82, 2.24) is 14.7 Å². The molecule has 1 aromatic carbocycles. The van der Waals surface area contributed by atoms with Crippen LogP contribution in [-0.2, 0) is 18.3 Å². The van der Waals surface area contributed by atoms with Gasteiger partial charge in [0, 0.05) is 18.8 Å². The molecule has 22 heavy (non-hydrogen) atoms. The number of ether oxygens (including phenoxy) is 1. The molecule has 1 aromatic heterocycles. The van der Waals surface area contributed by atoms with Gasteiger partial charge in [0.05, 0.1) is 24.8 Å². The Hall–Kier alpha value is -2.96. The zero-order valence-electron chi connectivity index (χ0n) is 12.1. The first kappa shape index (κ1) is 14.0. The molecule has 0 atom stereocenters. The van der Waals surface area contributed by atoms with Crippen molar-refractivity contribution in [1.29, 1.82) is 0 Å². The lowest BCUT2D eigenvalue weighted by Gasteiger charge is -2.13. The summed E-state index contributed by atoms with van der Waals surface area (Å²) < 4.78 is 6.11. The molecule has 0 fully saturated rings. The fourth-order valence-electron chi connectivity index (χ4n) is 2.47. The summed E-state index contributed by atoms with van der Waals surface area (Å²) in [4.78, 5) is 37.5. The van der Waals surface area contributed by atoms with Gasteiger partial charge in [-0.1, -0.05) is 12.1 Å². The molecule has 0 unspecified atom stereocenters. The van der Waals surface area contributed by atoms with Crippen LogP contribution < -0.4 is 0 Å². The Balaban J connectivity index is 1.94. The predicted octanol–water partition coefficient (Wildman–Crippen LogP) is 1.00. The second kappa shape index (κ2) is 5.10. The summed E-state index contributed by atoms with van der Waals surface area (Å²) in [6, 6.07) is 6.63. The number of hydrogen-bond donors (Lipinski definition) is 0. The number of benzene rings is 1. The minimum atomic E-state index is -0.604. The third-order valence-corrected chi connectivity index (χ3v) is 3.49. The molecule has 2 heterocycles. The SMILES string of the molecule is COC(=O)c1nn(C)cc1CN1C(=O)c2ccccc2C1=O. The minimum Gasteiger partial charge on any atom is -0.464 e. The number of carbonyl (C=O) groups excluding carboxylic acids is 3. The number of rotatable bonds is 3. The molecule has 7 nitrogen and oxygen atoms in total. The number of aromatic nitrogens is 2. The summed E-state index contributed by atoms with van der Waals surface area (Å²) in [5.74, 6) is -1.35. The first-order valence-electron chi connectivity index (χ1n) is 6.59. The predicted molar refractivity (Wildman–Crippen MR) is 75.2 cm³/mol. The maximum atomic E-state index is 12.3. The summed E-state index contributed by atoms with van der Waals surface area (Å²) in [5.41, 5.74) is 1.30. The van der Waals surface area contributed by atoms with Gasteiger partial charge in [-0.15, -0.1) is 0 Å². The minimum absolute atomic E-state index is 0.0232. The lowest BCUT2D eigenvalue weighted by molar-refractivity contribution is 0.0577. The third-order valence-electron chi connectivity index (χ3n) is 3.49. The van der Waals surface area contributed by atoms with Crippen LogP contribution in [0.2, 0.25) is 0 Å². The van der Waals surface area contributed by atoms with Gasteiger partial charge in [0.25, 0.3) is 11.8 Å². The van der Waals surface area contributed by atoms with Crippen LogP contribution >= 0.6 is 0 Å². The van der Waals surface area contributed by atoms with Crippen molar-refractivity contribution in [3.8, 4) is 0 Å². The molecule has 0 saturated heterocycles. The van der Waals surface area contributed by atoms with Crippen molar-refractivity contribution in [2.45, 2.75) is 6.54 Å². The molecular weight excluding hydrogens is 286 g/mol. The molecule has 1 aliphatic rings. The number of fused-ring (bicyclic) bond motifs is 1. The topological polar surface area (TPSA) is 81.5 Å². The average molecular weight is 299 g/mol. The highest BCUT2D eigenvalue weighted by atomic mass is 16.5. The van der Waals surface area contributed by atoms with Crippen molar-refractivity contribution in [2.75, 3.05) is 7.11 Å². The van der Waals surface area contributed by atoms with Crippen LogP contribution in [0.4, 0.5) is 0 Å². The number of aryl methyl sites for hydroxylation is 1. The molecule has 7 heteroatoms. The van der Waals surface area contributed by atoms with Crippen LogP contribution in [0, 0.1) is 0 Å². The van der Waals surface area contributed by atoms with Crippen LogP contribution in [0.3, 0.4) is 0 Å². The van der Waals surface area contributed by atoms with Crippen molar-refractivity contribution in [3.05, 3.63) is 52.8 Å². The van der Waals surface area contributed by atoms with E-state index in [0.717, 1.165) is 4.90 Å². The molecule has 1 aliphatic heterocycles. The summed E-state index contributed by atoms with van der Waals surface area (Å²) in [6.45, 7) is -0.0232. The third kappa shape index (κ3) is 2.07. The maximum absolute atomic E-state index is 12.3. The maximum Gasteiger partial charge on any atom is 0.358 e. The molecular formula is C15H13N3O4. The van der Waals surface area contributed by atoms with Gasteiger partial charge in [-0.25, -0.2) is 4.79 Å². The Morgan fingerprint density at radius 1 is 1.18 bits per heavy atom. The van der Waals surface area contributed by atoms with Gasteiger partial charge in [0.2, 0.25) is 0 Å². The normalized spacial score (nSPS) is 13.5. The molecule has 2 aromatic rings. The number of methoxy groups -OCH3 is 1. The molecule has 0 spiro atoms. The van der Waals surface area contributed by atoms with Crippen LogP contribution in [0.25, 0.3) is 0 Å². The van der Waals surface area contributed by atoms with Crippen molar-refractivity contribution in [3.63, 3.8) is 0 Å². The number of amides is 2. The summed E-state index contributed by atoms with van der Waals surface area (Å²) in [6.07, 6.45) is 1.59. The van der Waals surface area contributed by atoms with Gasteiger partial charge in [-0.05, 0) is 12.1 Å². The van der Waals surface area contributed by atoms with Gasteiger partial charge < -0.3 is 4.74 Å². The van der Waals surface area contributed by atoms with Crippen LogP contribution in [0.15, 0.2) is 30.5 Å². The zero-order chi connectivity index (χ0) is 15.9. The molecule has 0 saturated carbocycles. The quantitative estimate of drug-likeness (QED) is 0.624. The largest absolute Gasteiger partial charge is 0.464 e. The fraction of sp³-hybridized carbons (Fsp3) is 0.200. The second-order valence-corrected chi connectivity index (χ2v) is 4.91. The van der Waals surface area contributed by atoms with E-state index in [9.17, 15) is 14.4 Å². The van der Waals surface area contributed by atoms with E-state index in [4.69, 9.17) is 0 Å². The molecule has 3 rings (SSSR count). The number of imide groups is 1. The van der Waals surface area contributed by atoms with Crippen molar-refractivity contribution >= 4 is 17.8 Å². The number of carbonyl (C=O) groups is 3. The van der Waals surface area contributed by atoms with E-state index >= 15 is 0 Å². The van der Waals surface area contributed by atoms with Crippen LogP contribution in [0.5, 0.6) is 0 Å². The van der Waals surface area contributed by atoms with E-state index in [2.05, 4.69) is 9.84 Å². The monoisotopic (exact) mass is 299 g/mol. The zero-order valence-corrected chi connectivity index (χ0v) is 12.1. The summed E-state index contributed by atoms with van der Waals surface area (Å²) >= 11 is 0. The molecule has 0 N–H and O–H groups in total. The van der Waals surface area contributed by atoms with Gasteiger partial charge in [-0.2, -0.15) is 5.10 Å². The van der Waals surface area contributed by atoms with E-state index < -0.39 is 5.97 Å². The first-order valence-corrected chi connectivity index (χ1v) is 6.59. The molecule has 0 aliphatic carbocycles. The van der Waals surface area contributed by atoms with Crippen LogP contribution in [0.1, 0.15) is 36.8 Å². The van der Waals surface area contributed by atoms with E-state index in [1.165, 1.54) is 11.8 Å². The Morgan fingerprint density at radius 2 is 1.77 bits per heavy atom. The fourth-order valence-corrected chi connectivity index (χ4v) is 2.47. The number of esters is 1. The van der Waals surface area contributed by atoms with Gasteiger partial charge in [0.1, 0.15) is 0 Å². The highest BCUT2D eigenvalue weighted by Crippen LogP contribution is 2.25. The standard InChI is InChI=1S/C15H13N3O4/c1-17-7-9(12(16-17)15(21)22-2)8-18-13(19)10-5-3-4-6-11(10)14(18)20/h3-7H,8H2,1-2H3. The lowest BCUT2D eigenvalue weighted by atomic mass is 10.1. The van der Waals surface area contributed by atoms with Crippen molar-refractivity contribution in [2.24, 2.45) is 7.05 Å². The molecule has 0 radical (unpaired) electrons. The van der Waals surface area contributed by atoms with Gasteiger partial charge in [0.15, 0.2) is 5.69 Å². The Kier molecular flexibility index (Phi) is 3.25. The second-order valence-electron chi connectivity index (χ2n) is 4.91. The average Bonchev–Trinajstić information content (AvgIpc) is 3.01. The number of nitrogens with zero attached hydrogens (tertiary/aromatic N) is 3. The van der Waals surface area contributed by atoms with E-state index in [-0.39, 0.29) is 24.1 Å². The Bertz CT molecular complexity index is 759. The number of hydrogen-bond acceptors (Lipinski definition) is 5. The van der Waals surface area contributed by atoms with E-state index in [0.29, 0.717) is 16.7 Å². The summed E-state index contributed by atoms with van der Waals surface area (Å²) in [5, 5.41) is 4.02. The smallest absolute Gasteiger partial charge is 0.358 e. The van der Waals surface area contributed by atoms with E-state index in [1.807, 2.05) is 0 Å². The summed E-state index contributed by atoms with van der Waals surface area (Å²) in [7, 11) is 2.90. The van der Waals surface area contributed by atoms with Gasteiger partial charge >= 0.3 is 5.97 Å². The van der Waals surface area contributed by atoms with E-state index in [1.54, 1.807) is 37.5 Å².